The fraction of sp³-hybridized carbons (Fsp3) is 0.375. The summed E-state index contributed by atoms with van der Waals surface area (Å²) < 4.78 is 10.4. The number of ether oxygens (including phenoxy) is 2. The first-order valence-electron chi connectivity index (χ1n) is 6.58. The van der Waals surface area contributed by atoms with Crippen molar-refractivity contribution in [1.29, 1.82) is 0 Å². The quantitative estimate of drug-likeness (QED) is 0.860. The molecule has 5 heteroatoms. The maximum Gasteiger partial charge on any atom is 0.412 e. The molecule has 0 aliphatic rings. The maximum absolute atomic E-state index is 11.7. The number of anilines is 1. The zero-order valence-corrected chi connectivity index (χ0v) is 13.0. The third-order valence-corrected chi connectivity index (χ3v) is 2.38. The molecule has 1 rings (SSSR count). The highest BCUT2D eigenvalue weighted by molar-refractivity contribution is 5.92. The van der Waals surface area contributed by atoms with Crippen molar-refractivity contribution < 1.29 is 19.1 Å². The Kier molecular flexibility index (Phi) is 5.52. The van der Waals surface area contributed by atoms with Crippen LogP contribution in [-0.2, 0) is 9.53 Å². The van der Waals surface area contributed by atoms with E-state index in [-0.39, 0.29) is 5.78 Å². The summed E-state index contributed by atoms with van der Waals surface area (Å²) in [5, 5.41) is 2.63. The first-order valence-corrected chi connectivity index (χ1v) is 6.58. The molecule has 5 nitrogen and oxygen atoms in total. The molecule has 0 heterocycles. The van der Waals surface area contributed by atoms with Gasteiger partial charge in [-0.1, -0.05) is 0 Å². The smallest absolute Gasteiger partial charge is 0.412 e. The molecule has 0 saturated carbocycles. The highest BCUT2D eigenvalue weighted by Crippen LogP contribution is 2.24. The van der Waals surface area contributed by atoms with E-state index in [9.17, 15) is 9.59 Å². The Labute approximate surface area is 124 Å². The SMILES string of the molecule is COc1cc(NC(=O)OC(C)(C)C)ccc1/C=C/C(C)=O. The zero-order valence-electron chi connectivity index (χ0n) is 13.0. The second kappa shape index (κ2) is 6.92. The van der Waals surface area contributed by atoms with Gasteiger partial charge in [0.15, 0.2) is 5.78 Å². The van der Waals surface area contributed by atoms with Gasteiger partial charge in [-0.3, -0.25) is 10.1 Å². The Morgan fingerprint density at radius 1 is 1.24 bits per heavy atom. The van der Waals surface area contributed by atoms with Crippen molar-refractivity contribution in [3.8, 4) is 5.75 Å². The summed E-state index contributed by atoms with van der Waals surface area (Å²) in [7, 11) is 1.53. The molecule has 0 aromatic heterocycles. The Bertz CT molecular complexity index is 556. The standard InChI is InChI=1S/C16H21NO4/c1-11(18)6-7-12-8-9-13(10-14(12)20-5)17-15(19)21-16(2,3)4/h6-10H,1-5H3,(H,17,19)/b7-6+. The van der Waals surface area contributed by atoms with Crippen molar-refractivity contribution in [2.24, 2.45) is 0 Å². The topological polar surface area (TPSA) is 64.6 Å². The van der Waals surface area contributed by atoms with Crippen LogP contribution < -0.4 is 10.1 Å². The minimum Gasteiger partial charge on any atom is -0.496 e. The van der Waals surface area contributed by atoms with Crippen LogP contribution in [0.5, 0.6) is 5.75 Å². The molecule has 0 spiro atoms. The van der Waals surface area contributed by atoms with Crippen LogP contribution in [-0.4, -0.2) is 24.6 Å². The lowest BCUT2D eigenvalue weighted by Gasteiger charge is -2.20. The Balaban J connectivity index is 2.87. The number of allylic oxidation sites excluding steroid dienone is 1. The van der Waals surface area contributed by atoms with Crippen LogP contribution in [0.15, 0.2) is 24.3 Å². The predicted octanol–water partition coefficient (Wildman–Crippen LogP) is 3.64. The Hall–Kier alpha value is -2.30. The summed E-state index contributed by atoms with van der Waals surface area (Å²) in [5.74, 6) is 0.508. The third kappa shape index (κ3) is 6.12. The molecule has 0 aliphatic heterocycles. The predicted molar refractivity (Wildman–Crippen MR) is 82.6 cm³/mol. The van der Waals surface area contributed by atoms with Crippen LogP contribution in [0.3, 0.4) is 0 Å². The number of hydrogen-bond acceptors (Lipinski definition) is 4. The number of ketones is 1. The molecule has 114 valence electrons. The van der Waals surface area contributed by atoms with Gasteiger partial charge in [0, 0.05) is 17.3 Å². The molecule has 0 saturated heterocycles. The lowest BCUT2D eigenvalue weighted by Crippen LogP contribution is -2.27. The van der Waals surface area contributed by atoms with Gasteiger partial charge in [-0.25, -0.2) is 4.79 Å². The van der Waals surface area contributed by atoms with Crippen LogP contribution in [0, 0.1) is 0 Å². The van der Waals surface area contributed by atoms with Crippen LogP contribution >= 0.6 is 0 Å². The number of amides is 1. The second-order valence-corrected chi connectivity index (χ2v) is 5.53. The van der Waals surface area contributed by atoms with E-state index in [4.69, 9.17) is 9.47 Å². The van der Waals surface area contributed by atoms with Crippen molar-refractivity contribution >= 4 is 23.6 Å². The highest BCUT2D eigenvalue weighted by atomic mass is 16.6. The van der Waals surface area contributed by atoms with E-state index in [2.05, 4.69) is 5.32 Å². The number of methoxy groups -OCH3 is 1. The largest absolute Gasteiger partial charge is 0.496 e. The van der Waals surface area contributed by atoms with E-state index >= 15 is 0 Å². The summed E-state index contributed by atoms with van der Waals surface area (Å²) in [6.07, 6.45) is 2.59. The van der Waals surface area contributed by atoms with Gasteiger partial charge in [-0.2, -0.15) is 0 Å². The third-order valence-electron chi connectivity index (χ3n) is 2.38. The van der Waals surface area contributed by atoms with Gasteiger partial charge >= 0.3 is 6.09 Å². The average molecular weight is 291 g/mol. The maximum atomic E-state index is 11.7. The fourth-order valence-electron chi connectivity index (χ4n) is 1.56. The van der Waals surface area contributed by atoms with Crippen molar-refractivity contribution in [3.63, 3.8) is 0 Å². The number of hydrogen-bond donors (Lipinski definition) is 1. The second-order valence-electron chi connectivity index (χ2n) is 5.53. The van der Waals surface area contributed by atoms with E-state index in [1.54, 1.807) is 45.0 Å². The van der Waals surface area contributed by atoms with Gasteiger partial charge in [-0.15, -0.1) is 0 Å². The molecule has 0 fully saturated rings. The molecule has 0 bridgehead atoms. The van der Waals surface area contributed by atoms with Crippen LogP contribution in [0.1, 0.15) is 33.3 Å². The molecule has 0 atom stereocenters. The van der Waals surface area contributed by atoms with Gasteiger partial charge in [0.1, 0.15) is 11.4 Å². The first kappa shape index (κ1) is 16.8. The monoisotopic (exact) mass is 291 g/mol. The van der Waals surface area contributed by atoms with E-state index in [0.29, 0.717) is 11.4 Å². The molecule has 0 radical (unpaired) electrons. The van der Waals surface area contributed by atoms with Crippen molar-refractivity contribution in [2.75, 3.05) is 12.4 Å². The number of carbonyl (C=O) groups excluding carboxylic acids is 2. The molecular weight excluding hydrogens is 270 g/mol. The molecule has 1 amide bonds. The van der Waals surface area contributed by atoms with Crippen molar-refractivity contribution in [3.05, 3.63) is 29.8 Å². The van der Waals surface area contributed by atoms with Crippen LogP contribution in [0.4, 0.5) is 10.5 Å². The zero-order chi connectivity index (χ0) is 16.0. The number of nitrogens with one attached hydrogen (secondary N) is 1. The molecule has 0 aliphatic carbocycles. The van der Waals surface area contributed by atoms with E-state index < -0.39 is 11.7 Å². The summed E-state index contributed by atoms with van der Waals surface area (Å²) in [4.78, 5) is 22.7. The highest BCUT2D eigenvalue weighted by Gasteiger charge is 2.16. The summed E-state index contributed by atoms with van der Waals surface area (Å²) in [5.41, 5.74) is 0.752. The van der Waals surface area contributed by atoms with Crippen LogP contribution in [0.2, 0.25) is 0 Å². The van der Waals surface area contributed by atoms with Crippen LogP contribution in [0.25, 0.3) is 6.08 Å². The lowest BCUT2D eigenvalue weighted by molar-refractivity contribution is -0.112. The number of rotatable bonds is 4. The van der Waals surface area contributed by atoms with Crippen molar-refractivity contribution in [1.82, 2.24) is 0 Å². The molecule has 1 N–H and O–H groups in total. The van der Waals surface area contributed by atoms with Gasteiger partial charge in [-0.05, 0) is 52.0 Å². The van der Waals surface area contributed by atoms with E-state index in [0.717, 1.165) is 5.56 Å². The molecule has 21 heavy (non-hydrogen) atoms. The number of benzene rings is 1. The normalized spacial score (nSPS) is 11.3. The lowest BCUT2D eigenvalue weighted by atomic mass is 10.1. The summed E-state index contributed by atoms with van der Waals surface area (Å²) >= 11 is 0. The molecule has 0 unspecified atom stereocenters. The molecular formula is C16H21NO4. The van der Waals surface area contributed by atoms with Gasteiger partial charge in [0.05, 0.1) is 7.11 Å². The Morgan fingerprint density at radius 3 is 2.43 bits per heavy atom. The fourth-order valence-corrected chi connectivity index (χ4v) is 1.56. The van der Waals surface area contributed by atoms with E-state index in [1.807, 2.05) is 0 Å². The van der Waals surface area contributed by atoms with E-state index in [1.165, 1.54) is 20.1 Å². The summed E-state index contributed by atoms with van der Waals surface area (Å²) in [6.45, 7) is 6.86. The minimum atomic E-state index is -0.557. The Morgan fingerprint density at radius 2 is 1.90 bits per heavy atom. The van der Waals surface area contributed by atoms with Gasteiger partial charge < -0.3 is 9.47 Å². The minimum absolute atomic E-state index is 0.0481. The number of carbonyl (C=O) groups is 2. The average Bonchev–Trinajstić information content (AvgIpc) is 2.34. The molecule has 1 aromatic carbocycles. The van der Waals surface area contributed by atoms with Gasteiger partial charge in [0.25, 0.3) is 0 Å². The van der Waals surface area contributed by atoms with Gasteiger partial charge in [0.2, 0.25) is 0 Å². The summed E-state index contributed by atoms with van der Waals surface area (Å²) in [6, 6.07) is 5.14. The molecule has 1 aromatic rings. The first-order chi connectivity index (χ1) is 9.71. The van der Waals surface area contributed by atoms with Crippen molar-refractivity contribution in [2.45, 2.75) is 33.3 Å².